The normalized spacial score (nSPS) is 17.8. The summed E-state index contributed by atoms with van der Waals surface area (Å²) in [7, 11) is 3.53. The predicted molar refractivity (Wildman–Crippen MR) is 81.3 cm³/mol. The molecule has 0 amide bonds. The molecular formula is C15H20N2O5. The minimum atomic E-state index is -0.568. The largest absolute Gasteiger partial charge is 0.459 e. The van der Waals surface area contributed by atoms with E-state index in [0.29, 0.717) is 12.3 Å². The van der Waals surface area contributed by atoms with Gasteiger partial charge in [-0.1, -0.05) is 0 Å². The van der Waals surface area contributed by atoms with Crippen LogP contribution in [-0.4, -0.2) is 44.3 Å². The number of hydrogen-bond donors (Lipinski definition) is 0. The lowest BCUT2D eigenvalue weighted by molar-refractivity contribution is -0.384. The Morgan fingerprint density at radius 3 is 2.82 bits per heavy atom. The second-order valence-electron chi connectivity index (χ2n) is 5.44. The van der Waals surface area contributed by atoms with Crippen molar-refractivity contribution < 1.29 is 19.2 Å². The van der Waals surface area contributed by atoms with E-state index in [1.54, 1.807) is 25.1 Å². The molecule has 2 rings (SSSR count). The zero-order chi connectivity index (χ0) is 16.1. The average Bonchev–Trinajstić information content (AvgIpc) is 2.52. The number of ether oxygens (including phenoxy) is 2. The van der Waals surface area contributed by atoms with Crippen molar-refractivity contribution in [1.82, 2.24) is 0 Å². The van der Waals surface area contributed by atoms with E-state index in [9.17, 15) is 14.9 Å². The Balaban J connectivity index is 2.12. The summed E-state index contributed by atoms with van der Waals surface area (Å²) in [4.78, 5) is 24.3. The highest BCUT2D eigenvalue weighted by atomic mass is 16.6. The van der Waals surface area contributed by atoms with Crippen LogP contribution < -0.4 is 4.90 Å². The Hall–Kier alpha value is -2.15. The zero-order valence-electron chi connectivity index (χ0n) is 12.8. The molecule has 22 heavy (non-hydrogen) atoms. The van der Waals surface area contributed by atoms with Crippen molar-refractivity contribution in [3.05, 3.63) is 33.9 Å². The first kappa shape index (κ1) is 16.2. The highest BCUT2D eigenvalue weighted by molar-refractivity contribution is 5.96. The molecule has 0 N–H and O–H groups in total. The van der Waals surface area contributed by atoms with E-state index in [4.69, 9.17) is 9.47 Å². The summed E-state index contributed by atoms with van der Waals surface area (Å²) in [6, 6.07) is 4.17. The molecule has 1 aliphatic rings. The molecule has 0 saturated carbocycles. The maximum absolute atomic E-state index is 12.3. The molecule has 1 atom stereocenters. The van der Waals surface area contributed by atoms with Crippen molar-refractivity contribution in [2.75, 3.05) is 32.2 Å². The Labute approximate surface area is 129 Å². The van der Waals surface area contributed by atoms with Crippen LogP contribution in [0.2, 0.25) is 0 Å². The number of nitro groups is 1. The first-order valence-corrected chi connectivity index (χ1v) is 7.23. The van der Waals surface area contributed by atoms with Gasteiger partial charge in [-0.25, -0.2) is 4.79 Å². The third-order valence-electron chi connectivity index (χ3n) is 3.57. The number of anilines is 1. The van der Waals surface area contributed by atoms with Gasteiger partial charge in [0.1, 0.15) is 6.61 Å². The van der Waals surface area contributed by atoms with Crippen LogP contribution in [0.15, 0.2) is 18.2 Å². The van der Waals surface area contributed by atoms with Gasteiger partial charge in [0.05, 0.1) is 22.3 Å². The van der Waals surface area contributed by atoms with Gasteiger partial charge in [-0.05, 0) is 25.3 Å². The Morgan fingerprint density at radius 1 is 1.45 bits per heavy atom. The van der Waals surface area contributed by atoms with E-state index in [1.807, 2.05) is 0 Å². The number of carbonyl (C=O) groups excluding carboxylic acids is 1. The molecule has 0 radical (unpaired) electrons. The number of nitrogens with zero attached hydrogens (tertiary/aromatic N) is 2. The lowest BCUT2D eigenvalue weighted by atomic mass is 10.1. The number of rotatable bonds is 5. The van der Waals surface area contributed by atoms with E-state index in [-0.39, 0.29) is 24.0 Å². The van der Waals surface area contributed by atoms with Crippen LogP contribution in [0.25, 0.3) is 0 Å². The van der Waals surface area contributed by atoms with Crippen LogP contribution in [0, 0.1) is 10.1 Å². The van der Waals surface area contributed by atoms with Crippen molar-refractivity contribution in [1.29, 1.82) is 0 Å². The molecule has 120 valence electrons. The first-order chi connectivity index (χ1) is 10.5. The predicted octanol–water partition coefficient (Wildman–Crippen LogP) is 2.39. The van der Waals surface area contributed by atoms with E-state index >= 15 is 0 Å². The average molecular weight is 308 g/mol. The molecule has 1 fully saturated rings. The minimum Gasteiger partial charge on any atom is -0.459 e. The molecule has 1 aromatic carbocycles. The minimum absolute atomic E-state index is 0.0841. The van der Waals surface area contributed by atoms with Gasteiger partial charge < -0.3 is 14.4 Å². The Kier molecular flexibility index (Phi) is 5.32. The number of nitro benzene ring substituents is 1. The molecule has 0 bridgehead atoms. The standard InChI is InChI=1S/C15H20N2O5/c1-16(2)14-7-6-11(17(19)20)9-13(14)15(18)22-10-12-5-3-4-8-21-12/h6-7,9,12H,3-5,8,10H2,1-2H3. The maximum atomic E-state index is 12.3. The molecule has 1 aromatic rings. The van der Waals surface area contributed by atoms with E-state index in [2.05, 4.69) is 0 Å². The fourth-order valence-electron chi connectivity index (χ4n) is 2.38. The topological polar surface area (TPSA) is 81.9 Å². The second-order valence-corrected chi connectivity index (χ2v) is 5.44. The van der Waals surface area contributed by atoms with Crippen LogP contribution in [-0.2, 0) is 9.47 Å². The van der Waals surface area contributed by atoms with Crippen LogP contribution in [0.4, 0.5) is 11.4 Å². The lowest BCUT2D eigenvalue weighted by Crippen LogP contribution is -2.26. The summed E-state index contributed by atoms with van der Waals surface area (Å²) in [6.07, 6.45) is 2.87. The first-order valence-electron chi connectivity index (χ1n) is 7.23. The second kappa shape index (κ2) is 7.22. The highest BCUT2D eigenvalue weighted by Crippen LogP contribution is 2.25. The van der Waals surface area contributed by atoms with Crippen molar-refractivity contribution in [2.45, 2.75) is 25.4 Å². The van der Waals surface area contributed by atoms with E-state index < -0.39 is 10.9 Å². The zero-order valence-corrected chi connectivity index (χ0v) is 12.8. The van der Waals surface area contributed by atoms with Gasteiger partial charge >= 0.3 is 5.97 Å². The quantitative estimate of drug-likeness (QED) is 0.472. The number of benzene rings is 1. The summed E-state index contributed by atoms with van der Waals surface area (Å²) in [6.45, 7) is 0.858. The van der Waals surface area contributed by atoms with Crippen molar-refractivity contribution in [2.24, 2.45) is 0 Å². The molecule has 7 nitrogen and oxygen atoms in total. The Morgan fingerprint density at radius 2 is 2.23 bits per heavy atom. The van der Waals surface area contributed by atoms with Crippen molar-refractivity contribution in [3.63, 3.8) is 0 Å². The van der Waals surface area contributed by atoms with Gasteiger partial charge in [0.15, 0.2) is 0 Å². The molecule has 0 spiro atoms. The monoisotopic (exact) mass is 308 g/mol. The van der Waals surface area contributed by atoms with Gasteiger partial charge in [-0.15, -0.1) is 0 Å². The Bertz CT molecular complexity index is 553. The fraction of sp³-hybridized carbons (Fsp3) is 0.533. The van der Waals surface area contributed by atoms with Crippen LogP contribution in [0.5, 0.6) is 0 Å². The van der Waals surface area contributed by atoms with Gasteiger partial charge in [0.25, 0.3) is 5.69 Å². The van der Waals surface area contributed by atoms with Crippen LogP contribution >= 0.6 is 0 Å². The van der Waals surface area contributed by atoms with Gasteiger partial charge in [-0.2, -0.15) is 0 Å². The number of esters is 1. The molecule has 1 heterocycles. The summed E-state index contributed by atoms with van der Waals surface area (Å²) >= 11 is 0. The van der Waals surface area contributed by atoms with E-state index in [1.165, 1.54) is 12.1 Å². The fourth-order valence-corrected chi connectivity index (χ4v) is 2.38. The van der Waals surface area contributed by atoms with Crippen molar-refractivity contribution >= 4 is 17.3 Å². The molecule has 1 saturated heterocycles. The van der Waals surface area contributed by atoms with Gasteiger partial charge in [0, 0.05) is 32.8 Å². The van der Waals surface area contributed by atoms with E-state index in [0.717, 1.165) is 19.3 Å². The van der Waals surface area contributed by atoms with Crippen molar-refractivity contribution in [3.8, 4) is 0 Å². The highest BCUT2D eigenvalue weighted by Gasteiger charge is 2.21. The summed E-state index contributed by atoms with van der Waals surface area (Å²) in [5.74, 6) is -0.568. The third kappa shape index (κ3) is 3.94. The molecule has 0 aliphatic carbocycles. The summed E-state index contributed by atoms with van der Waals surface area (Å²) < 4.78 is 10.8. The van der Waals surface area contributed by atoms with Crippen LogP contribution in [0.3, 0.4) is 0 Å². The maximum Gasteiger partial charge on any atom is 0.340 e. The number of non-ortho nitro benzene ring substituents is 1. The lowest BCUT2D eigenvalue weighted by Gasteiger charge is -2.22. The molecule has 0 aromatic heterocycles. The van der Waals surface area contributed by atoms with Gasteiger partial charge in [0.2, 0.25) is 0 Å². The number of hydrogen-bond acceptors (Lipinski definition) is 6. The SMILES string of the molecule is CN(C)c1ccc([N+](=O)[O-])cc1C(=O)OCC1CCCCO1. The molecule has 1 unspecified atom stereocenters. The third-order valence-corrected chi connectivity index (χ3v) is 3.57. The van der Waals surface area contributed by atoms with Crippen LogP contribution in [0.1, 0.15) is 29.6 Å². The summed E-state index contributed by atoms with van der Waals surface area (Å²) in [5.41, 5.74) is 0.640. The number of carbonyl (C=O) groups is 1. The smallest absolute Gasteiger partial charge is 0.340 e. The molecular weight excluding hydrogens is 288 g/mol. The molecule has 1 aliphatic heterocycles. The molecule has 7 heteroatoms. The van der Waals surface area contributed by atoms with Gasteiger partial charge in [-0.3, -0.25) is 10.1 Å². The summed E-state index contributed by atoms with van der Waals surface area (Å²) in [5, 5.41) is 10.9.